The fraction of sp³-hybridized carbons (Fsp3) is 0.800. The first-order chi connectivity index (χ1) is 10.1. The van der Waals surface area contributed by atoms with Crippen molar-refractivity contribution in [3.05, 3.63) is 11.7 Å². The van der Waals surface area contributed by atoms with E-state index in [4.69, 9.17) is 4.52 Å². The van der Waals surface area contributed by atoms with Crippen LogP contribution in [0, 0.1) is 0 Å². The summed E-state index contributed by atoms with van der Waals surface area (Å²) in [4.78, 5) is 20.5. The number of rotatable bonds is 6. The Hall–Kier alpha value is -1.43. The van der Waals surface area contributed by atoms with Crippen molar-refractivity contribution in [2.24, 2.45) is 0 Å². The molecule has 0 radical (unpaired) electrons. The fourth-order valence-corrected chi connectivity index (χ4v) is 2.79. The third kappa shape index (κ3) is 4.52. The maximum Gasteiger partial charge on any atom is 0.226 e. The molecule has 21 heavy (non-hydrogen) atoms. The lowest BCUT2D eigenvalue weighted by atomic mass is 9.98. The molecule has 1 aromatic rings. The second-order valence-corrected chi connectivity index (χ2v) is 5.88. The quantitative estimate of drug-likeness (QED) is 0.801. The molecule has 1 aromatic heterocycles. The molecule has 0 N–H and O–H groups in total. The summed E-state index contributed by atoms with van der Waals surface area (Å²) >= 11 is 0. The van der Waals surface area contributed by atoms with Crippen molar-refractivity contribution in [1.29, 1.82) is 0 Å². The minimum absolute atomic E-state index is 0.150. The minimum atomic E-state index is 0.150. The van der Waals surface area contributed by atoms with Gasteiger partial charge in [-0.25, -0.2) is 0 Å². The van der Waals surface area contributed by atoms with Gasteiger partial charge in [0.1, 0.15) is 0 Å². The van der Waals surface area contributed by atoms with Gasteiger partial charge in [-0.15, -0.1) is 0 Å². The number of carbonyl (C=O) groups is 1. The van der Waals surface area contributed by atoms with Gasteiger partial charge in [-0.05, 0) is 32.9 Å². The molecule has 1 amide bonds. The van der Waals surface area contributed by atoms with E-state index in [9.17, 15) is 4.79 Å². The topological polar surface area (TPSA) is 62.5 Å². The molecule has 0 saturated carbocycles. The summed E-state index contributed by atoms with van der Waals surface area (Å²) in [5, 5.41) is 3.88. The van der Waals surface area contributed by atoms with Gasteiger partial charge >= 0.3 is 0 Å². The van der Waals surface area contributed by atoms with Gasteiger partial charge in [0.2, 0.25) is 11.8 Å². The van der Waals surface area contributed by atoms with Crippen LogP contribution >= 0.6 is 0 Å². The highest BCUT2D eigenvalue weighted by Crippen LogP contribution is 2.19. The summed E-state index contributed by atoms with van der Waals surface area (Å²) in [6.45, 7) is 3.53. The number of aryl methyl sites for hydroxylation is 1. The smallest absolute Gasteiger partial charge is 0.226 e. The average Bonchev–Trinajstić information content (AvgIpc) is 2.93. The summed E-state index contributed by atoms with van der Waals surface area (Å²) in [6, 6.07) is 0.549. The largest absolute Gasteiger partial charge is 0.339 e. The lowest BCUT2D eigenvalue weighted by Gasteiger charge is -2.32. The molecule has 1 fully saturated rings. The van der Waals surface area contributed by atoms with E-state index < -0.39 is 0 Å². The molecule has 6 heteroatoms. The van der Waals surface area contributed by atoms with Crippen LogP contribution < -0.4 is 0 Å². The summed E-state index contributed by atoms with van der Waals surface area (Å²) < 4.78 is 5.06. The van der Waals surface area contributed by atoms with Gasteiger partial charge in [-0.1, -0.05) is 18.5 Å². The van der Waals surface area contributed by atoms with Gasteiger partial charge in [0.25, 0.3) is 0 Å². The van der Waals surface area contributed by atoms with Gasteiger partial charge in [0.05, 0.1) is 6.54 Å². The monoisotopic (exact) mass is 294 g/mol. The van der Waals surface area contributed by atoms with E-state index in [1.54, 1.807) is 11.9 Å². The zero-order chi connectivity index (χ0) is 15.2. The summed E-state index contributed by atoms with van der Waals surface area (Å²) in [6.07, 6.45) is 6.01. The Balaban J connectivity index is 1.76. The Morgan fingerprint density at radius 2 is 2.29 bits per heavy atom. The predicted octanol–water partition coefficient (Wildman–Crippen LogP) is 1.85. The van der Waals surface area contributed by atoms with Crippen LogP contribution in [0.3, 0.4) is 0 Å². The summed E-state index contributed by atoms with van der Waals surface area (Å²) in [5.41, 5.74) is 0. The molecule has 0 spiro atoms. The number of piperidine rings is 1. The minimum Gasteiger partial charge on any atom is -0.339 e. The van der Waals surface area contributed by atoms with E-state index >= 15 is 0 Å². The molecule has 2 heterocycles. The summed E-state index contributed by atoms with van der Waals surface area (Å²) in [5.74, 6) is 1.35. The molecule has 1 aliphatic heterocycles. The van der Waals surface area contributed by atoms with Crippen LogP contribution in [0.25, 0.3) is 0 Å². The van der Waals surface area contributed by atoms with Crippen molar-refractivity contribution in [3.8, 4) is 0 Å². The zero-order valence-corrected chi connectivity index (χ0v) is 13.3. The second kappa shape index (κ2) is 7.54. The van der Waals surface area contributed by atoms with E-state index in [1.807, 2.05) is 6.92 Å². The van der Waals surface area contributed by atoms with Crippen molar-refractivity contribution < 1.29 is 9.32 Å². The molecule has 1 atom stereocenters. The lowest BCUT2D eigenvalue weighted by molar-refractivity contribution is -0.131. The molecule has 6 nitrogen and oxygen atoms in total. The van der Waals surface area contributed by atoms with Crippen molar-refractivity contribution in [2.75, 3.05) is 20.6 Å². The van der Waals surface area contributed by atoms with E-state index in [-0.39, 0.29) is 5.91 Å². The third-order valence-corrected chi connectivity index (χ3v) is 4.23. The van der Waals surface area contributed by atoms with E-state index in [0.717, 1.165) is 19.4 Å². The van der Waals surface area contributed by atoms with Crippen LogP contribution in [0.4, 0.5) is 0 Å². The average molecular weight is 294 g/mol. The molecule has 0 aromatic carbocycles. The Kier molecular flexibility index (Phi) is 5.73. The molecule has 1 saturated heterocycles. The number of nitrogens with zero attached hydrogens (tertiary/aromatic N) is 4. The molecule has 1 unspecified atom stereocenters. The first kappa shape index (κ1) is 15.9. The predicted molar refractivity (Wildman–Crippen MR) is 79.7 cm³/mol. The number of carbonyl (C=O) groups excluding carboxylic acids is 1. The van der Waals surface area contributed by atoms with Crippen LogP contribution in [-0.2, 0) is 17.8 Å². The molecule has 0 aliphatic carbocycles. The highest BCUT2D eigenvalue weighted by atomic mass is 16.5. The van der Waals surface area contributed by atoms with Crippen molar-refractivity contribution in [2.45, 2.75) is 58.0 Å². The zero-order valence-electron chi connectivity index (χ0n) is 13.3. The van der Waals surface area contributed by atoms with Crippen molar-refractivity contribution >= 4 is 5.91 Å². The third-order valence-electron chi connectivity index (χ3n) is 4.23. The van der Waals surface area contributed by atoms with E-state index in [0.29, 0.717) is 30.7 Å². The molecule has 2 rings (SSSR count). The van der Waals surface area contributed by atoms with Crippen LogP contribution in [0.1, 0.15) is 50.7 Å². The molecule has 0 bridgehead atoms. The highest BCUT2D eigenvalue weighted by molar-refractivity contribution is 5.75. The maximum atomic E-state index is 12.2. The Labute approximate surface area is 126 Å². The number of likely N-dealkylation sites (tertiary alicyclic amines) is 1. The molecular formula is C15H26N4O2. The van der Waals surface area contributed by atoms with Crippen molar-refractivity contribution in [1.82, 2.24) is 19.9 Å². The number of aromatic nitrogens is 2. The Morgan fingerprint density at radius 3 is 2.95 bits per heavy atom. The number of hydrogen-bond donors (Lipinski definition) is 0. The fourth-order valence-electron chi connectivity index (χ4n) is 2.79. The molecule has 118 valence electrons. The standard InChI is InChI=1S/C15H26N4O2/c1-4-14-16-13(17-21-14)11-19(3)15(20)9-8-12-7-5-6-10-18(12)2/h12H,4-11H2,1-3H3. The summed E-state index contributed by atoms with van der Waals surface area (Å²) in [7, 11) is 3.96. The van der Waals surface area contributed by atoms with Gasteiger partial charge in [-0.3, -0.25) is 4.79 Å². The molecular weight excluding hydrogens is 268 g/mol. The van der Waals surface area contributed by atoms with Gasteiger partial charge in [0, 0.05) is 25.9 Å². The van der Waals surface area contributed by atoms with Crippen molar-refractivity contribution in [3.63, 3.8) is 0 Å². The van der Waals surface area contributed by atoms with Crippen LogP contribution in [-0.4, -0.2) is 52.5 Å². The van der Waals surface area contributed by atoms with Crippen LogP contribution in [0.5, 0.6) is 0 Å². The van der Waals surface area contributed by atoms with E-state index in [2.05, 4.69) is 22.1 Å². The second-order valence-electron chi connectivity index (χ2n) is 5.88. The first-order valence-electron chi connectivity index (χ1n) is 7.85. The van der Waals surface area contributed by atoms with Gasteiger partial charge < -0.3 is 14.3 Å². The number of amides is 1. The normalized spacial score (nSPS) is 19.7. The highest BCUT2D eigenvalue weighted by Gasteiger charge is 2.21. The first-order valence-corrected chi connectivity index (χ1v) is 7.85. The lowest BCUT2D eigenvalue weighted by Crippen LogP contribution is -2.37. The maximum absolute atomic E-state index is 12.2. The van der Waals surface area contributed by atoms with E-state index in [1.165, 1.54) is 19.3 Å². The SMILES string of the molecule is CCc1nc(CN(C)C(=O)CCC2CCCCN2C)no1. The Morgan fingerprint density at radius 1 is 1.48 bits per heavy atom. The molecule has 1 aliphatic rings. The van der Waals surface area contributed by atoms with Crippen LogP contribution in [0.2, 0.25) is 0 Å². The number of hydrogen-bond acceptors (Lipinski definition) is 5. The van der Waals surface area contributed by atoms with Gasteiger partial charge in [0.15, 0.2) is 5.82 Å². The van der Waals surface area contributed by atoms with Gasteiger partial charge in [-0.2, -0.15) is 4.98 Å². The Bertz CT molecular complexity index is 460. The van der Waals surface area contributed by atoms with Crippen LogP contribution in [0.15, 0.2) is 4.52 Å².